The van der Waals surface area contributed by atoms with E-state index in [0.29, 0.717) is 92.0 Å². The topological polar surface area (TPSA) is 168 Å². The summed E-state index contributed by atoms with van der Waals surface area (Å²) in [5.74, 6) is -2.00. The predicted octanol–water partition coefficient (Wildman–Crippen LogP) is 6.94. The lowest BCUT2D eigenvalue weighted by molar-refractivity contribution is -0.935. The Labute approximate surface area is 432 Å². The smallest absolute Gasteiger partial charge is 0.344 e. The highest BCUT2D eigenvalue weighted by Gasteiger charge is 2.80. The van der Waals surface area contributed by atoms with Crippen molar-refractivity contribution in [2.75, 3.05) is 72.5 Å². The predicted molar refractivity (Wildman–Crippen MR) is 282 cm³/mol. The van der Waals surface area contributed by atoms with Gasteiger partial charge in [-0.15, -0.1) is 0 Å². The lowest BCUT2D eigenvalue weighted by Crippen LogP contribution is -2.81. The van der Waals surface area contributed by atoms with Crippen LogP contribution in [0.4, 0.5) is 5.69 Å². The maximum atomic E-state index is 15.8. The minimum atomic E-state index is -2.36. The van der Waals surface area contributed by atoms with Gasteiger partial charge in [-0.25, -0.2) is 4.79 Å². The molecular formula is C60H69N4O10+. The van der Waals surface area contributed by atoms with Crippen LogP contribution in [0.1, 0.15) is 80.8 Å². The summed E-state index contributed by atoms with van der Waals surface area (Å²) in [6.07, 6.45) is 8.78. The molecule has 0 unspecified atom stereocenters. The number of H-pyrrole nitrogens is 1. The molecule has 0 amide bonds. The number of esters is 3. The van der Waals surface area contributed by atoms with Crippen molar-refractivity contribution in [1.29, 1.82) is 0 Å². The zero-order valence-corrected chi connectivity index (χ0v) is 43.6. The molecule has 74 heavy (non-hydrogen) atoms. The number of fused-ring (bicyclic) bond motifs is 7. The van der Waals surface area contributed by atoms with Crippen LogP contribution in [0.2, 0.25) is 0 Å². The monoisotopic (exact) mass is 1010 g/mol. The van der Waals surface area contributed by atoms with Gasteiger partial charge in [-0.3, -0.25) is 19.3 Å². The number of aliphatic hydroxyl groups is 2. The van der Waals surface area contributed by atoms with Crippen molar-refractivity contribution in [2.24, 2.45) is 11.3 Å². The first-order valence-corrected chi connectivity index (χ1v) is 26.3. The van der Waals surface area contributed by atoms with E-state index in [4.69, 9.17) is 18.9 Å². The molecule has 4 aromatic carbocycles. The van der Waals surface area contributed by atoms with Crippen LogP contribution in [0, 0.1) is 11.3 Å². The number of anilines is 1. The van der Waals surface area contributed by atoms with Crippen molar-refractivity contribution in [3.05, 3.63) is 125 Å². The van der Waals surface area contributed by atoms with Crippen LogP contribution in [-0.4, -0.2) is 145 Å². The van der Waals surface area contributed by atoms with Gasteiger partial charge in [0, 0.05) is 83.6 Å². The Morgan fingerprint density at radius 2 is 1.64 bits per heavy atom. The Morgan fingerprint density at radius 3 is 2.36 bits per heavy atom. The summed E-state index contributed by atoms with van der Waals surface area (Å²) in [5, 5.41) is 29.4. The number of ether oxygens (including phenoxy) is 4. The number of methoxy groups -OCH3 is 3. The summed E-state index contributed by atoms with van der Waals surface area (Å²) >= 11 is 0. The van der Waals surface area contributed by atoms with Gasteiger partial charge in [0.15, 0.2) is 6.10 Å². The number of carbonyl (C=O) groups is 4. The number of likely N-dealkylation sites (N-methyl/N-ethyl adjacent to an activating group) is 1. The molecule has 14 nitrogen and oxygen atoms in total. The van der Waals surface area contributed by atoms with Gasteiger partial charge in [-0.05, 0) is 90.4 Å². The Balaban J connectivity index is 1.11. The fourth-order valence-corrected chi connectivity index (χ4v) is 16.1. The van der Waals surface area contributed by atoms with Crippen molar-refractivity contribution >= 4 is 57.1 Å². The maximum Gasteiger partial charge on any atom is 0.344 e. The molecule has 2 bridgehead atoms. The molecule has 0 radical (unpaired) electrons. The molecule has 5 aromatic rings. The Hall–Kier alpha value is -6.32. The van der Waals surface area contributed by atoms with Crippen LogP contribution < -0.4 is 9.64 Å². The third kappa shape index (κ3) is 7.10. The van der Waals surface area contributed by atoms with E-state index in [1.54, 1.807) is 13.2 Å². The van der Waals surface area contributed by atoms with Gasteiger partial charge in [-0.2, -0.15) is 0 Å². The van der Waals surface area contributed by atoms with Crippen LogP contribution in [-0.2, 0) is 50.6 Å². The highest BCUT2D eigenvalue weighted by molar-refractivity contribution is 5.96. The molecule has 1 aromatic heterocycles. The van der Waals surface area contributed by atoms with Gasteiger partial charge < -0.3 is 43.5 Å². The number of carbonyl (C=O) groups excluding carboxylic acids is 4. The second kappa shape index (κ2) is 17.9. The number of piperidine rings is 1. The Morgan fingerprint density at radius 1 is 0.878 bits per heavy atom. The van der Waals surface area contributed by atoms with Gasteiger partial charge in [0.05, 0.1) is 40.5 Å². The van der Waals surface area contributed by atoms with Gasteiger partial charge in [0.25, 0.3) is 0 Å². The van der Waals surface area contributed by atoms with Crippen molar-refractivity contribution in [1.82, 2.24) is 9.88 Å². The van der Waals surface area contributed by atoms with E-state index in [9.17, 15) is 24.6 Å². The molecule has 3 fully saturated rings. The summed E-state index contributed by atoms with van der Waals surface area (Å²) in [7, 11) is 6.10. The average Bonchev–Trinajstić information content (AvgIpc) is 4.07. The summed E-state index contributed by atoms with van der Waals surface area (Å²) in [6, 6.07) is 25.0. The van der Waals surface area contributed by atoms with Crippen molar-refractivity contribution in [3.63, 3.8) is 0 Å². The molecular weight excluding hydrogens is 937 g/mol. The fraction of sp³-hybridized carbons (Fsp3) is 0.467. The quantitative estimate of drug-likeness (QED) is 0.0411. The highest BCUT2D eigenvalue weighted by Crippen LogP contribution is 2.68. The molecule has 6 heterocycles. The summed E-state index contributed by atoms with van der Waals surface area (Å²) in [4.78, 5) is 66.2. The van der Waals surface area contributed by atoms with Crippen molar-refractivity contribution in [2.45, 2.75) is 99.5 Å². The number of benzene rings is 4. The number of nitrogens with zero attached hydrogens (tertiary/aromatic N) is 3. The van der Waals surface area contributed by atoms with Crippen molar-refractivity contribution < 1.29 is 52.8 Å². The third-order valence-corrected chi connectivity index (χ3v) is 18.7. The lowest BCUT2D eigenvalue weighted by atomic mass is 9.47. The molecule has 6 aliphatic rings. The standard InChI is InChI=1S/C60H69N4O10/c1-8-56(69)32-39-33-59(54(67)72-6,50-44(43-17-12-13-18-47(43)61-50)23-28-64(34-39,36-56)35-42(66)22-20-38-19-21-40-15-10-11-16-41(40)29-38)46-30-45-48(31-49(46)71-5)62(4)52-58(45)25-27-63-26-14-24-57(9-2,51(58)63)53(74-37(3)65)60(52,70)55(68)73-7/h10-22,24,29-31,39,51-53,61,69-70H,8-9,23,25-28,32-36H2,1-7H3/q+1/b22-20+/t39-,51+,52-,53-,56+,57-,58-,59+,60+,64-/m1/s1. The normalized spacial score (nSPS) is 33.0. The van der Waals surface area contributed by atoms with Gasteiger partial charge in [-0.1, -0.05) is 86.7 Å². The molecule has 2 saturated heterocycles. The second-order valence-electron chi connectivity index (χ2n) is 22.4. The van der Waals surface area contributed by atoms with Crippen LogP contribution in [0.5, 0.6) is 5.75 Å². The number of aromatic nitrogens is 1. The number of quaternary nitrogens is 1. The van der Waals surface area contributed by atoms with E-state index in [2.05, 4.69) is 46.3 Å². The molecule has 388 valence electrons. The molecule has 10 atom stereocenters. The van der Waals surface area contributed by atoms with Gasteiger partial charge in [0.1, 0.15) is 29.9 Å². The van der Waals surface area contributed by atoms with Crippen LogP contribution in [0.15, 0.2) is 97.1 Å². The zero-order valence-electron chi connectivity index (χ0n) is 43.6. The Kier molecular flexibility index (Phi) is 12.1. The number of nitrogens with one attached hydrogen (secondary N) is 1. The minimum absolute atomic E-state index is 0.0465. The number of ketones is 1. The number of aromatic amines is 1. The molecule has 14 heteroatoms. The molecule has 1 saturated carbocycles. The first-order chi connectivity index (χ1) is 35.5. The van der Waals surface area contributed by atoms with Crippen LogP contribution in [0.25, 0.3) is 27.8 Å². The third-order valence-electron chi connectivity index (χ3n) is 18.7. The lowest BCUT2D eigenvalue weighted by Gasteiger charge is -2.63. The number of hydrogen-bond donors (Lipinski definition) is 3. The van der Waals surface area contributed by atoms with E-state index < -0.39 is 57.5 Å². The number of rotatable bonds is 11. The molecule has 5 aliphatic heterocycles. The van der Waals surface area contributed by atoms with Gasteiger partial charge >= 0.3 is 17.9 Å². The first kappa shape index (κ1) is 49.9. The average molecular weight is 1010 g/mol. The summed E-state index contributed by atoms with van der Waals surface area (Å²) < 4.78 is 24.6. The largest absolute Gasteiger partial charge is 0.496 e. The zero-order chi connectivity index (χ0) is 52.2. The van der Waals surface area contributed by atoms with E-state index in [-0.39, 0.29) is 30.7 Å². The maximum absolute atomic E-state index is 15.8. The van der Waals surface area contributed by atoms with Crippen molar-refractivity contribution in [3.8, 4) is 5.75 Å². The molecule has 3 N–H and O–H groups in total. The van der Waals surface area contributed by atoms with Crippen LogP contribution in [0.3, 0.4) is 0 Å². The van der Waals surface area contributed by atoms with Crippen LogP contribution >= 0.6 is 0 Å². The SMILES string of the molecule is CC[C@]1(O)C[C@@H]2C[C@](C(=O)OC)(c3cc4c(cc3OC)N(C)[C@H]3[C@@](O)(C(=O)OC)[C@H](OC(C)=O)[C@]5(CC)C=CCN6CC[C@]43[C@@H]65)c3[nH]c4ccccc4c3CC[N@+](CC(=O)/C=C/c3ccc4ccccc4c3)(C2)C1. The fourth-order valence-electron chi connectivity index (χ4n) is 16.1. The van der Waals surface area contributed by atoms with E-state index in [0.717, 1.165) is 38.4 Å². The van der Waals surface area contributed by atoms with E-state index >= 15 is 4.79 Å². The molecule has 1 aliphatic carbocycles. The first-order valence-electron chi connectivity index (χ1n) is 26.3. The van der Waals surface area contributed by atoms with Gasteiger partial charge in [0.2, 0.25) is 11.4 Å². The molecule has 1 spiro atoms. The number of hydrogen-bond acceptors (Lipinski definition) is 12. The Bertz CT molecular complexity index is 3180. The molecule has 11 rings (SSSR count). The summed E-state index contributed by atoms with van der Waals surface area (Å²) in [6.45, 7) is 8.10. The minimum Gasteiger partial charge on any atom is -0.496 e. The van der Waals surface area contributed by atoms with E-state index in [1.807, 2.05) is 86.5 Å². The highest BCUT2D eigenvalue weighted by atomic mass is 16.6. The number of para-hydroxylation sites is 1. The summed E-state index contributed by atoms with van der Waals surface area (Å²) in [5.41, 5.74) is -1.68. The van der Waals surface area contributed by atoms with E-state index in [1.165, 1.54) is 21.1 Å². The second-order valence-corrected chi connectivity index (χ2v) is 22.4.